The van der Waals surface area contributed by atoms with Gasteiger partial charge in [0.1, 0.15) is 5.52 Å². The second-order valence-corrected chi connectivity index (χ2v) is 5.32. The van der Waals surface area contributed by atoms with Crippen LogP contribution in [0.3, 0.4) is 0 Å². The molecule has 1 saturated heterocycles. The van der Waals surface area contributed by atoms with E-state index in [0.717, 1.165) is 0 Å². The van der Waals surface area contributed by atoms with Gasteiger partial charge in [0.15, 0.2) is 17.5 Å². The molecule has 122 valence electrons. The van der Waals surface area contributed by atoms with Gasteiger partial charge in [-0.2, -0.15) is 4.98 Å². The first-order valence-corrected chi connectivity index (χ1v) is 7.10. The van der Waals surface area contributed by atoms with Crippen LogP contribution >= 0.6 is 11.6 Å². The minimum absolute atomic E-state index is 0.0293. The molecule has 1 aliphatic heterocycles. The molecule has 0 spiro atoms. The molecule has 0 amide bonds. The number of halogens is 1. The summed E-state index contributed by atoms with van der Waals surface area (Å²) < 4.78 is 7.10. The third-order valence-electron chi connectivity index (χ3n) is 3.91. The summed E-state index contributed by atoms with van der Waals surface area (Å²) in [5.41, 5.74) is 4.52. The van der Waals surface area contributed by atoms with Crippen molar-refractivity contribution in [2.75, 3.05) is 18.9 Å². The number of aliphatic hydroxyl groups is 3. The number of ether oxygens (including phenoxy) is 1. The van der Waals surface area contributed by atoms with Crippen molar-refractivity contribution in [3.05, 3.63) is 12.5 Å². The van der Waals surface area contributed by atoms with E-state index in [9.17, 15) is 15.3 Å². The lowest BCUT2D eigenvalue weighted by molar-refractivity contribution is -0.0707. The number of fused-ring (bicyclic) bond motifs is 1. The van der Waals surface area contributed by atoms with Crippen LogP contribution in [0.4, 0.5) is 5.95 Å². The van der Waals surface area contributed by atoms with Gasteiger partial charge in [-0.25, -0.2) is 9.97 Å². The monoisotopic (exact) mass is 339 g/mol. The van der Waals surface area contributed by atoms with Crippen molar-refractivity contribution >= 4 is 28.7 Å². The summed E-state index contributed by atoms with van der Waals surface area (Å²) in [6, 6.07) is 0. The smallest absolute Gasteiger partial charge is 0.222 e. The van der Waals surface area contributed by atoms with Gasteiger partial charge in [0.05, 0.1) is 37.8 Å². The van der Waals surface area contributed by atoms with Crippen molar-refractivity contribution in [3.8, 4) is 11.3 Å². The Hall–Kier alpha value is -1.96. The van der Waals surface area contributed by atoms with Crippen LogP contribution in [0.2, 0.25) is 0 Å². The zero-order chi connectivity index (χ0) is 16.6. The van der Waals surface area contributed by atoms with Gasteiger partial charge < -0.3 is 25.8 Å². The maximum atomic E-state index is 10.9. The maximum absolute atomic E-state index is 10.9. The molecule has 0 aliphatic carbocycles. The van der Waals surface area contributed by atoms with Crippen molar-refractivity contribution in [1.29, 1.82) is 0 Å². The Morgan fingerprint density at radius 1 is 1.39 bits per heavy atom. The summed E-state index contributed by atoms with van der Waals surface area (Å²) >= 11 is 5.46. The number of rotatable bonds is 3. The fourth-order valence-electron chi connectivity index (χ4n) is 2.78. The molecule has 2 aromatic rings. The molecule has 3 heterocycles. The Bertz CT molecular complexity index is 787. The average Bonchev–Trinajstić information content (AvgIpc) is 3.05. The summed E-state index contributed by atoms with van der Waals surface area (Å²) in [6.07, 6.45) is 0.910. The van der Waals surface area contributed by atoms with Crippen molar-refractivity contribution in [3.63, 3.8) is 0 Å². The lowest BCUT2D eigenvalue weighted by Gasteiger charge is -2.28. The fraction of sp³-hybridized carbons (Fsp3) is 0.462. The Morgan fingerprint density at radius 3 is 2.83 bits per heavy atom. The topological polar surface area (TPSA) is 140 Å². The van der Waals surface area contributed by atoms with Gasteiger partial charge in [-0.15, -0.1) is 0 Å². The average molecular weight is 340 g/mol. The van der Waals surface area contributed by atoms with E-state index >= 15 is 0 Å². The Kier molecular flexibility index (Phi) is 4.09. The van der Waals surface area contributed by atoms with Gasteiger partial charge in [-0.05, 0) is 17.5 Å². The van der Waals surface area contributed by atoms with Gasteiger partial charge in [0.2, 0.25) is 5.95 Å². The second kappa shape index (κ2) is 5.92. The van der Waals surface area contributed by atoms with Crippen LogP contribution in [0, 0.1) is 17.2 Å². The number of hydrogen-bond acceptors (Lipinski definition) is 8. The number of nitrogens with zero attached hydrogens (tertiary/aromatic N) is 4. The molecule has 0 bridgehead atoms. The van der Waals surface area contributed by atoms with E-state index in [1.54, 1.807) is 0 Å². The summed E-state index contributed by atoms with van der Waals surface area (Å²) in [7, 11) is 0. The number of nitrogen functional groups attached to an aromatic ring is 1. The highest BCUT2D eigenvalue weighted by molar-refractivity contribution is 6.30. The molecule has 23 heavy (non-hydrogen) atoms. The minimum atomic E-state index is -1.84. The zero-order valence-corrected chi connectivity index (χ0v) is 12.6. The van der Waals surface area contributed by atoms with E-state index in [-0.39, 0.29) is 5.95 Å². The van der Waals surface area contributed by atoms with Crippen LogP contribution in [0.1, 0.15) is 6.23 Å². The number of hydrogen-bond donors (Lipinski definition) is 4. The van der Waals surface area contributed by atoms with Crippen LogP contribution in [0.15, 0.2) is 12.5 Å². The van der Waals surface area contributed by atoms with Crippen LogP contribution in [-0.4, -0.2) is 59.8 Å². The summed E-state index contributed by atoms with van der Waals surface area (Å²) in [5, 5.41) is 32.1. The molecule has 0 saturated carbocycles. The number of imidazole rings is 1. The molecule has 3 rings (SSSR count). The lowest BCUT2D eigenvalue weighted by Crippen LogP contribution is -2.43. The highest BCUT2D eigenvalue weighted by atomic mass is 35.5. The predicted octanol–water partition coefficient (Wildman–Crippen LogP) is -1.16. The van der Waals surface area contributed by atoms with Gasteiger partial charge in [0.25, 0.3) is 0 Å². The fourth-order valence-corrected chi connectivity index (χ4v) is 2.93. The van der Waals surface area contributed by atoms with E-state index in [1.807, 2.05) is 0 Å². The van der Waals surface area contributed by atoms with E-state index in [4.69, 9.17) is 22.1 Å². The molecular weight excluding hydrogens is 326 g/mol. The number of aliphatic hydroxyl groups excluding tert-OH is 2. The standard InChI is InChI=1S/C13H14ClN5O4/c14-2-1-13(22)7(4-20)9(5-21)23-11(13)19-6-17-8-3-16-12(15)18-10(8)19/h3,6-7,9,11,20-22H,4-5H2,(H2,15,16,18)/t7?,9-,11-,13?/m1/s1. The van der Waals surface area contributed by atoms with Crippen molar-refractivity contribution in [1.82, 2.24) is 19.5 Å². The molecular formula is C13H14ClN5O4. The van der Waals surface area contributed by atoms with Gasteiger partial charge in [0, 0.05) is 5.38 Å². The van der Waals surface area contributed by atoms with Crippen LogP contribution in [-0.2, 0) is 4.74 Å². The van der Waals surface area contributed by atoms with E-state index in [2.05, 4.69) is 26.3 Å². The second-order valence-electron chi connectivity index (χ2n) is 5.13. The highest BCUT2D eigenvalue weighted by Crippen LogP contribution is 2.43. The minimum Gasteiger partial charge on any atom is -0.396 e. The Balaban J connectivity index is 2.15. The number of nitrogens with two attached hydrogens (primary N) is 1. The van der Waals surface area contributed by atoms with Gasteiger partial charge in [-0.1, -0.05) is 0 Å². The molecule has 0 aromatic carbocycles. The van der Waals surface area contributed by atoms with E-state index in [1.165, 1.54) is 17.1 Å². The van der Waals surface area contributed by atoms with E-state index < -0.39 is 37.1 Å². The van der Waals surface area contributed by atoms with Crippen molar-refractivity contribution in [2.24, 2.45) is 5.92 Å². The van der Waals surface area contributed by atoms with Crippen molar-refractivity contribution in [2.45, 2.75) is 17.9 Å². The quantitative estimate of drug-likeness (QED) is 0.513. The molecule has 2 unspecified atom stereocenters. The molecule has 1 fully saturated rings. The predicted molar refractivity (Wildman–Crippen MR) is 79.9 cm³/mol. The van der Waals surface area contributed by atoms with Gasteiger partial charge >= 0.3 is 0 Å². The lowest BCUT2D eigenvalue weighted by atomic mass is 9.86. The summed E-state index contributed by atoms with van der Waals surface area (Å²) in [4.78, 5) is 12.0. The summed E-state index contributed by atoms with van der Waals surface area (Å²) in [5.74, 6) is 1.62. The first kappa shape index (κ1) is 15.9. The SMILES string of the molecule is Nc1ncc2ncn([C@@H]3O[C@H](CO)C(CO)C3(O)C#CCl)c2n1. The first-order chi connectivity index (χ1) is 11.0. The van der Waals surface area contributed by atoms with Crippen molar-refractivity contribution < 1.29 is 20.1 Å². The number of aromatic nitrogens is 4. The van der Waals surface area contributed by atoms with Crippen LogP contribution < -0.4 is 5.73 Å². The van der Waals surface area contributed by atoms with E-state index in [0.29, 0.717) is 11.2 Å². The molecule has 1 aliphatic rings. The van der Waals surface area contributed by atoms with Gasteiger partial charge in [-0.3, -0.25) is 4.57 Å². The molecule has 0 radical (unpaired) electrons. The first-order valence-electron chi connectivity index (χ1n) is 6.72. The number of anilines is 1. The zero-order valence-electron chi connectivity index (χ0n) is 11.8. The molecule has 10 heteroatoms. The third kappa shape index (κ3) is 2.41. The van der Waals surface area contributed by atoms with Crippen LogP contribution in [0.25, 0.3) is 11.2 Å². The molecule has 2 aromatic heterocycles. The molecule has 5 N–H and O–H groups in total. The highest BCUT2D eigenvalue weighted by Gasteiger charge is 2.56. The maximum Gasteiger partial charge on any atom is 0.222 e. The Morgan fingerprint density at radius 2 is 2.17 bits per heavy atom. The summed E-state index contributed by atoms with van der Waals surface area (Å²) in [6.45, 7) is -0.856. The van der Waals surface area contributed by atoms with Crippen LogP contribution in [0.5, 0.6) is 0 Å². The Labute approximate surface area is 135 Å². The largest absolute Gasteiger partial charge is 0.396 e. The normalized spacial score (nSPS) is 30.3. The third-order valence-corrected chi connectivity index (χ3v) is 4.00. The molecule has 4 atom stereocenters. The molecule has 9 nitrogen and oxygen atoms in total.